The van der Waals surface area contributed by atoms with E-state index in [1.807, 2.05) is 24.3 Å². The van der Waals surface area contributed by atoms with Crippen molar-refractivity contribution in [3.63, 3.8) is 0 Å². The Morgan fingerprint density at radius 3 is 2.53 bits per heavy atom. The fourth-order valence-corrected chi connectivity index (χ4v) is 2.12. The van der Waals surface area contributed by atoms with Gasteiger partial charge in [0, 0.05) is 24.5 Å². The van der Waals surface area contributed by atoms with Gasteiger partial charge in [-0.3, -0.25) is 0 Å². The summed E-state index contributed by atoms with van der Waals surface area (Å²) in [7, 11) is 0. The van der Waals surface area contributed by atoms with Crippen molar-refractivity contribution in [1.82, 2.24) is 0 Å². The predicted molar refractivity (Wildman–Crippen MR) is 80.3 cm³/mol. The molecule has 0 saturated heterocycles. The molecular weight excluding hydrogens is 236 g/mol. The molecule has 0 aliphatic carbocycles. The maximum absolute atomic E-state index is 8.59. The summed E-state index contributed by atoms with van der Waals surface area (Å²) in [5.74, 6) is 0. The Morgan fingerprint density at radius 1 is 1.05 bits per heavy atom. The van der Waals surface area contributed by atoms with Crippen molar-refractivity contribution in [3.8, 4) is 0 Å². The lowest BCUT2D eigenvalue weighted by Gasteiger charge is -2.00. The zero-order valence-corrected chi connectivity index (χ0v) is 11.0. The van der Waals surface area contributed by atoms with Crippen LogP contribution in [0.25, 0.3) is 0 Å². The number of benzene rings is 2. The van der Waals surface area contributed by atoms with Crippen LogP contribution in [0.3, 0.4) is 0 Å². The Hall–Kier alpha value is -2.00. The first-order chi connectivity index (χ1) is 9.31. The number of rotatable bonds is 2. The van der Waals surface area contributed by atoms with E-state index < -0.39 is 0 Å². The minimum Gasteiger partial charge on any atom is -0.399 e. The monoisotopic (exact) mass is 256 g/mol. The van der Waals surface area contributed by atoms with Gasteiger partial charge in [-0.05, 0) is 36.1 Å². The number of hydrogen-bond acceptors (Lipinski definition) is 3. The molecule has 0 spiro atoms. The van der Waals surface area contributed by atoms with Gasteiger partial charge in [-0.2, -0.15) is 0 Å². The first kappa shape index (κ1) is 13.4. The lowest BCUT2D eigenvalue weighted by molar-refractivity contribution is 0.300. The third-order valence-electron chi connectivity index (χ3n) is 3.16. The van der Waals surface area contributed by atoms with Gasteiger partial charge in [0.25, 0.3) is 0 Å². The van der Waals surface area contributed by atoms with Gasteiger partial charge in [0.2, 0.25) is 0 Å². The minimum absolute atomic E-state index is 0.161. The Bertz CT molecular complexity index is 503. The number of hydrogen-bond donors (Lipinski definition) is 3. The molecule has 0 bridgehead atoms. The number of fused-ring (bicyclic) bond motifs is 1. The van der Waals surface area contributed by atoms with Crippen molar-refractivity contribution in [3.05, 3.63) is 59.7 Å². The zero-order valence-electron chi connectivity index (χ0n) is 11.0. The van der Waals surface area contributed by atoms with E-state index in [1.54, 1.807) is 0 Å². The van der Waals surface area contributed by atoms with Crippen molar-refractivity contribution >= 4 is 11.4 Å². The van der Waals surface area contributed by atoms with Gasteiger partial charge in [-0.1, -0.05) is 36.4 Å². The summed E-state index contributed by atoms with van der Waals surface area (Å²) < 4.78 is 0. The highest BCUT2D eigenvalue weighted by molar-refractivity contribution is 5.54. The fraction of sp³-hybridized carbons (Fsp3) is 0.250. The molecule has 4 N–H and O–H groups in total. The van der Waals surface area contributed by atoms with Crippen LogP contribution in [0.15, 0.2) is 48.5 Å². The summed E-state index contributed by atoms with van der Waals surface area (Å²) in [5.41, 5.74) is 10.1. The van der Waals surface area contributed by atoms with Crippen molar-refractivity contribution in [2.75, 3.05) is 24.2 Å². The van der Waals surface area contributed by atoms with Crippen LogP contribution in [0.4, 0.5) is 11.4 Å². The van der Waals surface area contributed by atoms with Crippen LogP contribution < -0.4 is 11.1 Å². The average Bonchev–Trinajstić information content (AvgIpc) is 2.91. The van der Waals surface area contributed by atoms with E-state index in [-0.39, 0.29) is 6.61 Å². The van der Waals surface area contributed by atoms with Crippen molar-refractivity contribution < 1.29 is 5.11 Å². The predicted octanol–water partition coefficient (Wildman–Crippen LogP) is 2.46. The molecule has 0 aromatic heterocycles. The van der Waals surface area contributed by atoms with E-state index in [9.17, 15) is 0 Å². The molecule has 1 aliphatic heterocycles. The molecule has 0 amide bonds. The number of nitrogens with two attached hydrogens (primary N) is 1. The van der Waals surface area contributed by atoms with E-state index in [0.29, 0.717) is 6.42 Å². The van der Waals surface area contributed by atoms with Crippen molar-refractivity contribution in [1.29, 1.82) is 0 Å². The summed E-state index contributed by atoms with van der Waals surface area (Å²) in [6.45, 7) is 1.27. The highest BCUT2D eigenvalue weighted by Gasteiger charge is 2.05. The van der Waals surface area contributed by atoms with Crippen LogP contribution in [-0.2, 0) is 12.8 Å². The summed E-state index contributed by atoms with van der Waals surface area (Å²) in [6, 6.07) is 16.0. The normalized spacial score (nSPS) is 12.1. The minimum atomic E-state index is 0.161. The van der Waals surface area contributed by atoms with Crippen LogP contribution in [-0.4, -0.2) is 18.3 Å². The Balaban J connectivity index is 0.000000141. The maximum atomic E-state index is 8.59. The van der Waals surface area contributed by atoms with E-state index in [0.717, 1.165) is 17.8 Å². The molecule has 3 heteroatoms. The van der Waals surface area contributed by atoms with Crippen LogP contribution in [0.1, 0.15) is 11.1 Å². The standard InChI is InChI=1S/C8H11NO.C8H9N/c9-8-4-2-1-3-7(8)5-6-10;1-2-4-8-7(3-1)5-6-9-8/h1-4,10H,5-6,9H2;1-4,9H,5-6H2. The number of para-hydroxylation sites is 2. The van der Waals surface area contributed by atoms with E-state index in [4.69, 9.17) is 10.8 Å². The largest absolute Gasteiger partial charge is 0.399 e. The van der Waals surface area contributed by atoms with Crippen LogP contribution in [0.2, 0.25) is 0 Å². The second kappa shape index (κ2) is 6.81. The molecule has 0 unspecified atom stereocenters. The summed E-state index contributed by atoms with van der Waals surface area (Å²) in [6.07, 6.45) is 1.84. The second-order valence-corrected chi connectivity index (χ2v) is 4.51. The first-order valence-corrected chi connectivity index (χ1v) is 6.57. The Labute approximate surface area is 114 Å². The van der Waals surface area contributed by atoms with Gasteiger partial charge in [-0.25, -0.2) is 0 Å². The van der Waals surface area contributed by atoms with Gasteiger partial charge in [-0.15, -0.1) is 0 Å². The Morgan fingerprint density at radius 2 is 1.79 bits per heavy atom. The smallest absolute Gasteiger partial charge is 0.0472 e. The van der Waals surface area contributed by atoms with Gasteiger partial charge in [0.05, 0.1) is 0 Å². The zero-order chi connectivity index (χ0) is 13.5. The van der Waals surface area contributed by atoms with E-state index in [2.05, 4.69) is 29.6 Å². The number of nitrogens with one attached hydrogen (secondary N) is 1. The molecule has 0 saturated carbocycles. The number of aliphatic hydroxyl groups excluding tert-OH is 1. The number of anilines is 2. The second-order valence-electron chi connectivity index (χ2n) is 4.51. The SMILES string of the molecule is Nc1ccccc1CCO.c1ccc2c(c1)CCN2. The van der Waals surface area contributed by atoms with E-state index >= 15 is 0 Å². The van der Waals surface area contributed by atoms with Crippen LogP contribution in [0.5, 0.6) is 0 Å². The number of aliphatic hydroxyl groups is 1. The first-order valence-electron chi connectivity index (χ1n) is 6.57. The van der Waals surface area contributed by atoms with Gasteiger partial charge in [0.1, 0.15) is 0 Å². The van der Waals surface area contributed by atoms with Crippen molar-refractivity contribution in [2.24, 2.45) is 0 Å². The molecule has 0 radical (unpaired) electrons. The van der Waals surface area contributed by atoms with Gasteiger partial charge >= 0.3 is 0 Å². The lowest BCUT2D eigenvalue weighted by Crippen LogP contribution is -1.96. The summed E-state index contributed by atoms with van der Waals surface area (Å²) in [5, 5.41) is 11.9. The molecule has 0 atom stereocenters. The molecular formula is C16H20N2O. The average molecular weight is 256 g/mol. The quantitative estimate of drug-likeness (QED) is 0.723. The topological polar surface area (TPSA) is 58.3 Å². The molecule has 100 valence electrons. The Kier molecular flexibility index (Phi) is 4.81. The van der Waals surface area contributed by atoms with Crippen molar-refractivity contribution in [2.45, 2.75) is 12.8 Å². The maximum Gasteiger partial charge on any atom is 0.0472 e. The number of nitrogen functional groups attached to an aromatic ring is 1. The van der Waals surface area contributed by atoms with Crippen LogP contribution in [0, 0.1) is 0 Å². The molecule has 1 aliphatic rings. The molecule has 1 heterocycles. The molecule has 0 fully saturated rings. The third-order valence-corrected chi connectivity index (χ3v) is 3.16. The molecule has 3 rings (SSSR count). The third kappa shape index (κ3) is 3.73. The van der Waals surface area contributed by atoms with Gasteiger partial charge < -0.3 is 16.2 Å². The van der Waals surface area contributed by atoms with E-state index in [1.165, 1.54) is 17.7 Å². The molecule has 19 heavy (non-hydrogen) atoms. The highest BCUT2D eigenvalue weighted by atomic mass is 16.2. The van der Waals surface area contributed by atoms with Gasteiger partial charge in [0.15, 0.2) is 0 Å². The highest BCUT2D eigenvalue weighted by Crippen LogP contribution is 2.19. The summed E-state index contributed by atoms with van der Waals surface area (Å²) in [4.78, 5) is 0. The molecule has 2 aromatic carbocycles. The summed E-state index contributed by atoms with van der Waals surface area (Å²) >= 11 is 0. The van der Waals surface area contributed by atoms with Crippen LogP contribution >= 0.6 is 0 Å². The lowest BCUT2D eigenvalue weighted by atomic mass is 10.1. The molecule has 2 aromatic rings. The fourth-order valence-electron chi connectivity index (χ4n) is 2.12. The molecule has 3 nitrogen and oxygen atoms in total.